The van der Waals surface area contributed by atoms with Gasteiger partial charge in [0.1, 0.15) is 0 Å². The van der Waals surface area contributed by atoms with E-state index in [0.29, 0.717) is 0 Å². The zero-order valence-electron chi connectivity index (χ0n) is 11.1. The van der Waals surface area contributed by atoms with E-state index in [1.54, 1.807) is 0 Å². The van der Waals surface area contributed by atoms with Crippen molar-refractivity contribution in [2.75, 3.05) is 26.3 Å². The van der Waals surface area contributed by atoms with Gasteiger partial charge >= 0.3 is 0 Å². The highest BCUT2D eigenvalue weighted by molar-refractivity contribution is 6.09. The first-order valence-corrected chi connectivity index (χ1v) is 7.00. The van der Waals surface area contributed by atoms with E-state index in [0.717, 1.165) is 56.7 Å². The molecule has 0 N–H and O–H groups in total. The van der Waals surface area contributed by atoms with E-state index in [1.807, 2.05) is 18.2 Å². The van der Waals surface area contributed by atoms with Crippen molar-refractivity contribution < 1.29 is 9.53 Å². The van der Waals surface area contributed by atoms with Gasteiger partial charge in [0, 0.05) is 30.4 Å². The molecule has 0 amide bonds. The van der Waals surface area contributed by atoms with Crippen LogP contribution in [0, 0.1) is 0 Å². The number of nitrogens with zero attached hydrogens (tertiary/aromatic N) is 1. The monoisotopic (exact) mass is 257 g/mol. The fourth-order valence-corrected chi connectivity index (χ4v) is 2.77. The topological polar surface area (TPSA) is 29.5 Å². The molecular weight excluding hydrogens is 238 g/mol. The highest BCUT2D eigenvalue weighted by atomic mass is 16.5. The van der Waals surface area contributed by atoms with Gasteiger partial charge in [-0.2, -0.15) is 0 Å². The van der Waals surface area contributed by atoms with Crippen molar-refractivity contribution in [2.45, 2.75) is 19.3 Å². The number of ether oxygens (including phenoxy) is 1. The number of aryl methyl sites for hydroxylation is 1. The molecule has 0 aromatic heterocycles. The molecule has 1 heterocycles. The number of Topliss-reactive ketones (excluding diaryl/α,β-unsaturated/α-hetero) is 1. The molecular formula is C16H19NO2. The zero-order chi connectivity index (χ0) is 13.1. The second-order valence-electron chi connectivity index (χ2n) is 5.14. The van der Waals surface area contributed by atoms with Crippen LogP contribution in [-0.4, -0.2) is 37.0 Å². The highest BCUT2D eigenvalue weighted by Gasteiger charge is 2.20. The summed E-state index contributed by atoms with van der Waals surface area (Å²) in [6, 6.07) is 8.00. The Morgan fingerprint density at radius 2 is 1.89 bits per heavy atom. The van der Waals surface area contributed by atoms with Crippen molar-refractivity contribution in [1.29, 1.82) is 0 Å². The van der Waals surface area contributed by atoms with Crippen molar-refractivity contribution in [3.8, 4) is 0 Å². The number of morpholine rings is 1. The third kappa shape index (κ3) is 2.71. The highest BCUT2D eigenvalue weighted by Crippen LogP contribution is 2.24. The molecule has 0 atom stereocenters. The average Bonchev–Trinajstić information content (AvgIpc) is 2.61. The Labute approximate surface area is 113 Å². The average molecular weight is 257 g/mol. The van der Waals surface area contributed by atoms with E-state index in [2.05, 4.69) is 17.2 Å². The number of hydrogen-bond donors (Lipinski definition) is 0. The summed E-state index contributed by atoms with van der Waals surface area (Å²) >= 11 is 0. The third-order valence-electron chi connectivity index (χ3n) is 3.83. The largest absolute Gasteiger partial charge is 0.378 e. The van der Waals surface area contributed by atoms with E-state index >= 15 is 0 Å². The van der Waals surface area contributed by atoms with Crippen molar-refractivity contribution in [2.24, 2.45) is 0 Å². The molecule has 2 aliphatic rings. The van der Waals surface area contributed by atoms with Crippen molar-refractivity contribution in [1.82, 2.24) is 4.90 Å². The fourth-order valence-electron chi connectivity index (χ4n) is 2.77. The molecule has 1 aromatic carbocycles. The molecule has 1 aliphatic carbocycles. The van der Waals surface area contributed by atoms with E-state index in [9.17, 15) is 4.79 Å². The van der Waals surface area contributed by atoms with Crippen LogP contribution >= 0.6 is 0 Å². The van der Waals surface area contributed by atoms with Crippen LogP contribution in [0.2, 0.25) is 0 Å². The van der Waals surface area contributed by atoms with E-state index in [-0.39, 0.29) is 5.78 Å². The van der Waals surface area contributed by atoms with Gasteiger partial charge in [-0.1, -0.05) is 24.3 Å². The Bertz CT molecular complexity index is 501. The molecule has 1 saturated heterocycles. The smallest absolute Gasteiger partial charge is 0.190 e. The van der Waals surface area contributed by atoms with Crippen molar-refractivity contribution >= 4 is 5.78 Å². The summed E-state index contributed by atoms with van der Waals surface area (Å²) < 4.78 is 5.34. The molecule has 100 valence electrons. The van der Waals surface area contributed by atoms with Gasteiger partial charge in [0.15, 0.2) is 5.78 Å². The second-order valence-corrected chi connectivity index (χ2v) is 5.14. The summed E-state index contributed by atoms with van der Waals surface area (Å²) in [6.45, 7) is 3.29. The minimum Gasteiger partial charge on any atom is -0.378 e. The Balaban J connectivity index is 1.86. The lowest BCUT2D eigenvalue weighted by Gasteiger charge is -2.26. The Hall–Kier alpha value is -1.61. The molecule has 0 saturated carbocycles. The van der Waals surface area contributed by atoms with Gasteiger partial charge in [-0.25, -0.2) is 0 Å². The Morgan fingerprint density at radius 3 is 2.74 bits per heavy atom. The van der Waals surface area contributed by atoms with Gasteiger partial charge in [0.05, 0.1) is 13.2 Å². The quantitative estimate of drug-likeness (QED) is 0.571. The van der Waals surface area contributed by atoms with Gasteiger partial charge in [0.25, 0.3) is 0 Å². The first-order valence-electron chi connectivity index (χ1n) is 7.00. The van der Waals surface area contributed by atoms with Gasteiger partial charge in [0.2, 0.25) is 0 Å². The summed E-state index contributed by atoms with van der Waals surface area (Å²) in [5.74, 6) is 0.208. The molecule has 0 unspecified atom stereocenters. The number of ketones is 1. The minimum absolute atomic E-state index is 0.208. The Morgan fingerprint density at radius 1 is 1.11 bits per heavy atom. The number of allylic oxidation sites excluding steroid dienone is 1. The molecule has 0 bridgehead atoms. The standard InChI is InChI=1S/C16H19NO2/c18-16-14(12-17-8-10-19-11-9-17)6-3-5-13-4-1-2-7-15(13)16/h1-2,4,7,12H,3,5-6,8-11H2/b14-12+. The normalized spacial score (nSPS) is 22.2. The Kier molecular flexibility index (Phi) is 3.65. The van der Waals surface area contributed by atoms with E-state index in [1.165, 1.54) is 5.56 Å². The van der Waals surface area contributed by atoms with Crippen molar-refractivity contribution in [3.63, 3.8) is 0 Å². The lowest BCUT2D eigenvalue weighted by Crippen LogP contribution is -2.32. The van der Waals surface area contributed by atoms with Crippen LogP contribution in [-0.2, 0) is 11.2 Å². The van der Waals surface area contributed by atoms with E-state index < -0.39 is 0 Å². The lowest BCUT2D eigenvalue weighted by atomic mass is 10.0. The van der Waals surface area contributed by atoms with Gasteiger partial charge in [-0.3, -0.25) is 4.79 Å². The van der Waals surface area contributed by atoms with Crippen LogP contribution in [0.5, 0.6) is 0 Å². The molecule has 1 aliphatic heterocycles. The van der Waals surface area contributed by atoms with Crippen LogP contribution in [0.15, 0.2) is 36.0 Å². The number of benzene rings is 1. The van der Waals surface area contributed by atoms with Crippen molar-refractivity contribution in [3.05, 3.63) is 47.2 Å². The predicted molar refractivity (Wildman–Crippen MR) is 74.2 cm³/mol. The molecule has 1 fully saturated rings. The van der Waals surface area contributed by atoms with Crippen LogP contribution < -0.4 is 0 Å². The second kappa shape index (κ2) is 5.57. The lowest BCUT2D eigenvalue weighted by molar-refractivity contribution is 0.0587. The molecule has 3 nitrogen and oxygen atoms in total. The van der Waals surface area contributed by atoms with Gasteiger partial charge < -0.3 is 9.64 Å². The van der Waals surface area contributed by atoms with Gasteiger partial charge in [-0.15, -0.1) is 0 Å². The maximum absolute atomic E-state index is 12.6. The van der Waals surface area contributed by atoms with Crippen LogP contribution in [0.3, 0.4) is 0 Å². The molecule has 3 heteroatoms. The number of rotatable bonds is 1. The molecule has 0 radical (unpaired) electrons. The van der Waals surface area contributed by atoms with Crippen LogP contribution in [0.25, 0.3) is 0 Å². The van der Waals surface area contributed by atoms with Crippen LogP contribution in [0.4, 0.5) is 0 Å². The fraction of sp³-hybridized carbons (Fsp3) is 0.438. The number of hydrogen-bond acceptors (Lipinski definition) is 3. The predicted octanol–water partition coefficient (Wildman–Crippen LogP) is 2.42. The zero-order valence-corrected chi connectivity index (χ0v) is 11.1. The summed E-state index contributed by atoms with van der Waals surface area (Å²) in [5, 5.41) is 0. The SMILES string of the molecule is O=C1/C(=C/N2CCOCC2)CCCc2ccccc21. The first kappa shape index (κ1) is 12.4. The number of carbonyl (C=O) groups is 1. The molecule has 19 heavy (non-hydrogen) atoms. The number of fused-ring (bicyclic) bond motifs is 1. The summed E-state index contributed by atoms with van der Waals surface area (Å²) in [5.41, 5.74) is 3.03. The third-order valence-corrected chi connectivity index (χ3v) is 3.83. The summed E-state index contributed by atoms with van der Waals surface area (Å²) in [4.78, 5) is 14.8. The van der Waals surface area contributed by atoms with E-state index in [4.69, 9.17) is 4.74 Å². The maximum Gasteiger partial charge on any atom is 0.190 e. The molecule has 0 spiro atoms. The minimum atomic E-state index is 0.208. The summed E-state index contributed by atoms with van der Waals surface area (Å²) in [7, 11) is 0. The summed E-state index contributed by atoms with van der Waals surface area (Å²) in [6.07, 6.45) is 5.00. The molecule has 3 rings (SSSR count). The first-order chi connectivity index (χ1) is 9.34. The van der Waals surface area contributed by atoms with Gasteiger partial charge in [-0.05, 0) is 24.8 Å². The number of carbonyl (C=O) groups excluding carboxylic acids is 1. The maximum atomic E-state index is 12.6. The molecule has 1 aromatic rings. The van der Waals surface area contributed by atoms with Crippen LogP contribution in [0.1, 0.15) is 28.8 Å².